The Labute approximate surface area is 175 Å². The van der Waals surface area contributed by atoms with Gasteiger partial charge >= 0.3 is 0 Å². The molecule has 2 aromatic rings. The van der Waals surface area contributed by atoms with Gasteiger partial charge in [0.25, 0.3) is 5.91 Å². The van der Waals surface area contributed by atoms with Crippen molar-refractivity contribution in [3.63, 3.8) is 0 Å². The Morgan fingerprint density at radius 2 is 1.67 bits per heavy atom. The number of amides is 2. The second-order valence-corrected chi connectivity index (χ2v) is 9.19. The number of methoxy groups -OCH3 is 1. The first-order valence-electron chi connectivity index (χ1n) is 9.73. The van der Waals surface area contributed by atoms with E-state index in [0.29, 0.717) is 31.7 Å². The first-order chi connectivity index (χ1) is 14.4. The molecule has 8 nitrogen and oxygen atoms in total. The molecule has 4 rings (SSSR count). The molecule has 2 aliphatic heterocycles. The zero-order valence-corrected chi connectivity index (χ0v) is 17.5. The van der Waals surface area contributed by atoms with Crippen molar-refractivity contribution >= 4 is 33.2 Å². The molecule has 9 heteroatoms. The predicted octanol–water partition coefficient (Wildman–Crippen LogP) is 1.72. The van der Waals surface area contributed by atoms with Crippen LogP contribution in [-0.2, 0) is 14.8 Å². The average molecular weight is 429 g/mol. The maximum atomic E-state index is 13.0. The van der Waals surface area contributed by atoms with Gasteiger partial charge in [-0.2, -0.15) is 0 Å². The number of hydrogen-bond donors (Lipinski definition) is 0. The number of sulfonamides is 1. The zero-order chi connectivity index (χ0) is 21.3. The normalized spacial score (nSPS) is 18.6. The predicted molar refractivity (Wildman–Crippen MR) is 113 cm³/mol. The van der Waals surface area contributed by atoms with Crippen molar-refractivity contribution in [3.05, 3.63) is 54.1 Å². The highest BCUT2D eigenvalue weighted by atomic mass is 32.2. The van der Waals surface area contributed by atoms with Gasteiger partial charge in [-0.25, -0.2) is 12.7 Å². The summed E-state index contributed by atoms with van der Waals surface area (Å²) in [6, 6.07) is 14.1. The van der Waals surface area contributed by atoms with E-state index in [1.54, 1.807) is 30.2 Å². The number of rotatable bonds is 4. The largest absolute Gasteiger partial charge is 0.497 e. The van der Waals surface area contributed by atoms with Crippen LogP contribution in [0.2, 0.25) is 0 Å². The molecule has 158 valence electrons. The summed E-state index contributed by atoms with van der Waals surface area (Å²) >= 11 is 0. The molecule has 0 atom stereocenters. The number of benzene rings is 2. The molecule has 0 aromatic heterocycles. The number of carbonyl (C=O) groups excluding carboxylic acids is 2. The van der Waals surface area contributed by atoms with Crippen LogP contribution in [0.25, 0.3) is 0 Å². The second-order valence-electron chi connectivity index (χ2n) is 7.25. The molecule has 0 unspecified atom stereocenters. The molecule has 2 amide bonds. The van der Waals surface area contributed by atoms with Crippen LogP contribution in [0.15, 0.2) is 48.5 Å². The van der Waals surface area contributed by atoms with Crippen LogP contribution in [0.3, 0.4) is 0 Å². The van der Waals surface area contributed by atoms with Crippen LogP contribution in [0, 0.1) is 0 Å². The summed E-state index contributed by atoms with van der Waals surface area (Å²) in [7, 11) is -2.03. The van der Waals surface area contributed by atoms with Crippen molar-refractivity contribution in [2.75, 3.05) is 48.2 Å². The molecule has 0 saturated carbocycles. The summed E-state index contributed by atoms with van der Waals surface area (Å²) in [5.41, 5.74) is 1.67. The Balaban J connectivity index is 1.45. The summed E-state index contributed by atoms with van der Waals surface area (Å²) in [5.74, 6) is -0.0361. The fourth-order valence-electron chi connectivity index (χ4n) is 3.78. The highest BCUT2D eigenvalue weighted by Crippen LogP contribution is 2.27. The molecule has 2 saturated heterocycles. The standard InChI is InChI=1S/C21H23N3O5S/c1-29-19-7-5-17(6-8-19)22-10-12-23(13-11-22)21(26)16-3-2-4-18(15-16)24-20(25)9-14-30(24,27)28/h2-8,15H,9-14H2,1H3. The van der Waals surface area contributed by atoms with Gasteiger partial charge in [0, 0.05) is 43.9 Å². The number of nitrogens with zero attached hydrogens (tertiary/aromatic N) is 3. The van der Waals surface area contributed by atoms with E-state index in [9.17, 15) is 18.0 Å². The van der Waals surface area contributed by atoms with Crippen LogP contribution in [0.5, 0.6) is 5.75 Å². The molecule has 0 spiro atoms. The number of carbonyl (C=O) groups is 2. The van der Waals surface area contributed by atoms with Gasteiger partial charge in [0.2, 0.25) is 15.9 Å². The molecule has 2 heterocycles. The van der Waals surface area contributed by atoms with E-state index in [2.05, 4.69) is 4.90 Å². The van der Waals surface area contributed by atoms with Gasteiger partial charge in [0.15, 0.2) is 0 Å². The van der Waals surface area contributed by atoms with Gasteiger partial charge < -0.3 is 14.5 Å². The molecule has 0 aliphatic carbocycles. The lowest BCUT2D eigenvalue weighted by Crippen LogP contribution is -2.48. The Bertz CT molecular complexity index is 1060. The number of piperazine rings is 1. The smallest absolute Gasteiger partial charge is 0.254 e. The van der Waals surface area contributed by atoms with Crippen molar-refractivity contribution in [2.24, 2.45) is 0 Å². The van der Waals surface area contributed by atoms with E-state index >= 15 is 0 Å². The molecular weight excluding hydrogens is 406 g/mol. The summed E-state index contributed by atoms with van der Waals surface area (Å²) in [6.07, 6.45) is -0.0339. The highest BCUT2D eigenvalue weighted by Gasteiger charge is 2.36. The zero-order valence-electron chi connectivity index (χ0n) is 16.7. The number of ether oxygens (including phenoxy) is 1. The minimum absolute atomic E-state index is 0.0339. The minimum atomic E-state index is -3.66. The first-order valence-corrected chi connectivity index (χ1v) is 11.3. The summed E-state index contributed by atoms with van der Waals surface area (Å²) in [4.78, 5) is 28.9. The Kier molecular flexibility index (Phi) is 5.38. The molecule has 2 aliphatic rings. The maximum Gasteiger partial charge on any atom is 0.254 e. The van der Waals surface area contributed by atoms with E-state index in [-0.39, 0.29) is 23.8 Å². The van der Waals surface area contributed by atoms with E-state index in [4.69, 9.17) is 4.74 Å². The van der Waals surface area contributed by atoms with Crippen LogP contribution in [0.1, 0.15) is 16.8 Å². The van der Waals surface area contributed by atoms with E-state index < -0.39 is 15.9 Å². The SMILES string of the molecule is COc1ccc(N2CCN(C(=O)c3cccc(N4C(=O)CCS4(=O)=O)c3)CC2)cc1. The van der Waals surface area contributed by atoms with Crippen molar-refractivity contribution < 1.29 is 22.7 Å². The molecule has 2 aromatic carbocycles. The van der Waals surface area contributed by atoms with Crippen LogP contribution in [0.4, 0.5) is 11.4 Å². The monoisotopic (exact) mass is 429 g/mol. The topological polar surface area (TPSA) is 87.2 Å². The Morgan fingerprint density at radius 3 is 2.27 bits per heavy atom. The lowest BCUT2D eigenvalue weighted by molar-refractivity contribution is -0.116. The maximum absolute atomic E-state index is 13.0. The van der Waals surface area contributed by atoms with E-state index in [0.717, 1.165) is 15.7 Å². The number of anilines is 2. The number of hydrogen-bond acceptors (Lipinski definition) is 6. The fourth-order valence-corrected chi connectivity index (χ4v) is 5.23. The molecule has 30 heavy (non-hydrogen) atoms. The molecule has 0 radical (unpaired) electrons. The molecule has 2 fully saturated rings. The first kappa shape index (κ1) is 20.2. The van der Waals surface area contributed by atoms with Gasteiger partial charge in [-0.05, 0) is 42.5 Å². The van der Waals surface area contributed by atoms with Crippen molar-refractivity contribution in [2.45, 2.75) is 6.42 Å². The van der Waals surface area contributed by atoms with E-state index in [1.807, 2.05) is 24.3 Å². The second kappa shape index (κ2) is 7.98. The average Bonchev–Trinajstić information content (AvgIpc) is 3.05. The lowest BCUT2D eigenvalue weighted by atomic mass is 10.1. The van der Waals surface area contributed by atoms with Gasteiger partial charge in [-0.15, -0.1) is 0 Å². The third-order valence-electron chi connectivity index (χ3n) is 5.41. The summed E-state index contributed by atoms with van der Waals surface area (Å²) < 4.78 is 30.3. The summed E-state index contributed by atoms with van der Waals surface area (Å²) in [5, 5.41) is 0. The molecular formula is C21H23N3O5S. The Hall–Kier alpha value is -3.07. The van der Waals surface area contributed by atoms with Gasteiger partial charge in [-0.3, -0.25) is 9.59 Å². The fraction of sp³-hybridized carbons (Fsp3) is 0.333. The van der Waals surface area contributed by atoms with Crippen LogP contribution in [-0.4, -0.2) is 64.2 Å². The van der Waals surface area contributed by atoms with Gasteiger partial charge in [0.05, 0.1) is 18.6 Å². The van der Waals surface area contributed by atoms with E-state index in [1.165, 1.54) is 6.07 Å². The van der Waals surface area contributed by atoms with Crippen molar-refractivity contribution in [1.82, 2.24) is 4.90 Å². The third-order valence-corrected chi connectivity index (χ3v) is 7.10. The van der Waals surface area contributed by atoms with Gasteiger partial charge in [-0.1, -0.05) is 6.07 Å². The quantitative estimate of drug-likeness (QED) is 0.736. The van der Waals surface area contributed by atoms with Gasteiger partial charge in [0.1, 0.15) is 5.75 Å². The van der Waals surface area contributed by atoms with Crippen LogP contribution >= 0.6 is 0 Å². The summed E-state index contributed by atoms with van der Waals surface area (Å²) in [6.45, 7) is 2.49. The Morgan fingerprint density at radius 1 is 0.967 bits per heavy atom. The van der Waals surface area contributed by atoms with Crippen molar-refractivity contribution in [3.8, 4) is 5.75 Å². The highest BCUT2D eigenvalue weighted by molar-refractivity contribution is 7.94. The molecule has 0 N–H and O–H groups in total. The van der Waals surface area contributed by atoms with Crippen LogP contribution < -0.4 is 13.9 Å². The lowest BCUT2D eigenvalue weighted by Gasteiger charge is -2.36. The van der Waals surface area contributed by atoms with Crippen molar-refractivity contribution in [1.29, 1.82) is 0 Å². The minimum Gasteiger partial charge on any atom is -0.497 e. The molecule has 0 bridgehead atoms. The third kappa shape index (κ3) is 3.85.